The zero-order chi connectivity index (χ0) is 16.4. The Balaban J connectivity index is 1.83. The molecule has 3 aromatic rings. The van der Waals surface area contributed by atoms with E-state index >= 15 is 0 Å². The topological polar surface area (TPSA) is 67.5 Å². The van der Waals surface area contributed by atoms with Gasteiger partial charge < -0.3 is 5.73 Å². The third-order valence-electron chi connectivity index (χ3n) is 3.37. The number of hydrogen-bond donors (Lipinski definition) is 2. The third kappa shape index (κ3) is 3.21. The van der Waals surface area contributed by atoms with Gasteiger partial charge in [0.1, 0.15) is 4.88 Å². The molecule has 0 fully saturated rings. The van der Waals surface area contributed by atoms with Crippen LogP contribution in [-0.4, -0.2) is 11.6 Å². The van der Waals surface area contributed by atoms with Crippen molar-refractivity contribution in [1.82, 2.24) is 5.43 Å². The molecule has 0 unspecified atom stereocenters. The summed E-state index contributed by atoms with van der Waals surface area (Å²) >= 11 is 7.64. The van der Waals surface area contributed by atoms with E-state index in [0.717, 1.165) is 15.6 Å². The molecule has 23 heavy (non-hydrogen) atoms. The van der Waals surface area contributed by atoms with Crippen LogP contribution in [0.25, 0.3) is 10.1 Å². The molecular weight excluding hydrogens is 330 g/mol. The molecule has 0 saturated heterocycles. The molecule has 0 aliphatic rings. The molecule has 1 heterocycles. The van der Waals surface area contributed by atoms with Crippen molar-refractivity contribution < 1.29 is 4.79 Å². The molecule has 0 aliphatic heterocycles. The number of benzene rings is 2. The monoisotopic (exact) mass is 343 g/mol. The largest absolute Gasteiger partial charge is 0.399 e. The van der Waals surface area contributed by atoms with Crippen LogP contribution in [0.4, 0.5) is 5.69 Å². The molecule has 0 atom stereocenters. The molecule has 0 radical (unpaired) electrons. The average molecular weight is 344 g/mol. The number of thiophene rings is 1. The van der Waals surface area contributed by atoms with Gasteiger partial charge in [0.05, 0.1) is 10.7 Å². The van der Waals surface area contributed by atoms with Crippen LogP contribution < -0.4 is 11.2 Å². The number of nitrogens with two attached hydrogens (primary N) is 1. The van der Waals surface area contributed by atoms with Crippen molar-refractivity contribution in [1.29, 1.82) is 0 Å². The lowest BCUT2D eigenvalue weighted by Gasteiger charge is -2.03. The van der Waals surface area contributed by atoms with Crippen LogP contribution in [0, 0.1) is 0 Å². The van der Waals surface area contributed by atoms with E-state index in [1.54, 1.807) is 12.1 Å². The number of nitrogens with one attached hydrogen (secondary N) is 1. The number of nitrogen functional groups attached to an aromatic ring is 1. The zero-order valence-electron chi connectivity index (χ0n) is 12.3. The Kier molecular flexibility index (Phi) is 4.32. The van der Waals surface area contributed by atoms with Gasteiger partial charge >= 0.3 is 0 Å². The van der Waals surface area contributed by atoms with Gasteiger partial charge in [0.25, 0.3) is 5.91 Å². The van der Waals surface area contributed by atoms with E-state index in [1.165, 1.54) is 11.3 Å². The number of rotatable bonds is 3. The normalized spacial score (nSPS) is 11.7. The molecule has 0 spiro atoms. The van der Waals surface area contributed by atoms with E-state index in [-0.39, 0.29) is 5.91 Å². The van der Waals surface area contributed by atoms with Crippen molar-refractivity contribution in [2.24, 2.45) is 5.10 Å². The van der Waals surface area contributed by atoms with Gasteiger partial charge in [-0.3, -0.25) is 4.79 Å². The minimum absolute atomic E-state index is 0.320. The smallest absolute Gasteiger partial charge is 0.283 e. The van der Waals surface area contributed by atoms with Gasteiger partial charge in [0.15, 0.2) is 0 Å². The van der Waals surface area contributed by atoms with E-state index < -0.39 is 0 Å². The van der Waals surface area contributed by atoms with Gasteiger partial charge in [-0.25, -0.2) is 5.43 Å². The Morgan fingerprint density at radius 1 is 1.22 bits per heavy atom. The maximum atomic E-state index is 12.3. The molecule has 116 valence electrons. The first-order valence-electron chi connectivity index (χ1n) is 6.94. The van der Waals surface area contributed by atoms with Crippen molar-refractivity contribution in [2.75, 3.05) is 5.73 Å². The van der Waals surface area contributed by atoms with E-state index in [4.69, 9.17) is 17.3 Å². The number of hydrogen-bond acceptors (Lipinski definition) is 4. The standard InChI is InChI=1S/C17H14ClN3OS/c1-10(11-5-4-6-12(19)9-11)20-21-17(22)16-15(18)13-7-2-3-8-14(13)23-16/h2-9H,19H2,1H3,(H,21,22)/b20-10+. The fraction of sp³-hybridized carbons (Fsp3) is 0.0588. The zero-order valence-corrected chi connectivity index (χ0v) is 13.9. The highest BCUT2D eigenvalue weighted by molar-refractivity contribution is 7.21. The van der Waals surface area contributed by atoms with Crippen molar-refractivity contribution in [2.45, 2.75) is 6.92 Å². The number of nitrogens with zero attached hydrogens (tertiary/aromatic N) is 1. The number of carbonyl (C=O) groups excluding carboxylic acids is 1. The Morgan fingerprint density at radius 3 is 2.74 bits per heavy atom. The van der Waals surface area contributed by atoms with Crippen molar-refractivity contribution in [3.63, 3.8) is 0 Å². The van der Waals surface area contributed by atoms with Crippen LogP contribution in [0.5, 0.6) is 0 Å². The molecule has 1 amide bonds. The molecule has 2 aromatic carbocycles. The van der Waals surface area contributed by atoms with Crippen LogP contribution in [0.15, 0.2) is 53.6 Å². The summed E-state index contributed by atoms with van der Waals surface area (Å²) in [5, 5.41) is 5.47. The molecule has 1 aromatic heterocycles. The molecule has 3 N–H and O–H groups in total. The fourth-order valence-electron chi connectivity index (χ4n) is 2.17. The highest BCUT2D eigenvalue weighted by Gasteiger charge is 2.16. The summed E-state index contributed by atoms with van der Waals surface area (Å²) in [6.07, 6.45) is 0. The lowest BCUT2D eigenvalue weighted by molar-refractivity contribution is 0.0959. The maximum Gasteiger partial charge on any atom is 0.283 e. The van der Waals surface area contributed by atoms with Crippen molar-refractivity contribution in [3.8, 4) is 0 Å². The van der Waals surface area contributed by atoms with Crippen molar-refractivity contribution >= 4 is 50.3 Å². The highest BCUT2D eigenvalue weighted by Crippen LogP contribution is 2.34. The molecule has 0 saturated carbocycles. The second-order valence-corrected chi connectivity index (χ2v) is 6.44. The average Bonchev–Trinajstić information content (AvgIpc) is 2.90. The lowest BCUT2D eigenvalue weighted by Crippen LogP contribution is -2.18. The minimum Gasteiger partial charge on any atom is -0.399 e. The van der Waals surface area contributed by atoms with E-state index in [2.05, 4.69) is 10.5 Å². The van der Waals surface area contributed by atoms with Gasteiger partial charge in [-0.15, -0.1) is 11.3 Å². The van der Waals surface area contributed by atoms with Gasteiger partial charge in [-0.05, 0) is 30.7 Å². The summed E-state index contributed by atoms with van der Waals surface area (Å²) in [7, 11) is 0. The Bertz CT molecular complexity index is 917. The summed E-state index contributed by atoms with van der Waals surface area (Å²) < 4.78 is 0.971. The molecule has 0 bridgehead atoms. The molecule has 6 heteroatoms. The minimum atomic E-state index is -0.320. The van der Waals surface area contributed by atoms with Crippen LogP contribution in [0.1, 0.15) is 22.2 Å². The number of amides is 1. The van der Waals surface area contributed by atoms with E-state index in [1.807, 2.05) is 43.3 Å². The number of anilines is 1. The number of halogens is 1. The predicted molar refractivity (Wildman–Crippen MR) is 97.4 cm³/mol. The summed E-state index contributed by atoms with van der Waals surface area (Å²) in [6, 6.07) is 15.0. The quantitative estimate of drug-likeness (QED) is 0.423. The Hall–Kier alpha value is -2.37. The second-order valence-electron chi connectivity index (χ2n) is 5.00. The number of carbonyl (C=O) groups is 1. The van der Waals surface area contributed by atoms with Crippen molar-refractivity contribution in [3.05, 3.63) is 64.0 Å². The van der Waals surface area contributed by atoms with E-state index in [0.29, 0.717) is 21.3 Å². The highest BCUT2D eigenvalue weighted by atomic mass is 35.5. The second kappa shape index (κ2) is 6.40. The molecule has 4 nitrogen and oxygen atoms in total. The first-order valence-corrected chi connectivity index (χ1v) is 8.13. The van der Waals surface area contributed by atoms with Crippen LogP contribution in [0.3, 0.4) is 0 Å². The summed E-state index contributed by atoms with van der Waals surface area (Å²) in [6.45, 7) is 1.81. The summed E-state index contributed by atoms with van der Waals surface area (Å²) in [5.74, 6) is -0.320. The van der Waals surface area contributed by atoms with Gasteiger partial charge in [-0.1, -0.05) is 41.9 Å². The van der Waals surface area contributed by atoms with Crippen LogP contribution >= 0.6 is 22.9 Å². The summed E-state index contributed by atoms with van der Waals surface area (Å²) in [5.41, 5.74) is 10.5. The SMILES string of the molecule is C/C(=N\NC(=O)c1sc2ccccc2c1Cl)c1cccc(N)c1. The van der Waals surface area contributed by atoms with Gasteiger partial charge in [0.2, 0.25) is 0 Å². The Labute approximate surface area is 142 Å². The predicted octanol–water partition coefficient (Wildman–Crippen LogP) is 4.29. The lowest BCUT2D eigenvalue weighted by atomic mass is 10.1. The molecule has 3 rings (SSSR count). The van der Waals surface area contributed by atoms with Crippen LogP contribution in [0.2, 0.25) is 5.02 Å². The number of fused-ring (bicyclic) bond motifs is 1. The summed E-state index contributed by atoms with van der Waals surface area (Å²) in [4.78, 5) is 12.8. The van der Waals surface area contributed by atoms with Crippen LogP contribution in [-0.2, 0) is 0 Å². The first-order chi connectivity index (χ1) is 11.1. The number of hydrazone groups is 1. The molecular formula is C17H14ClN3OS. The third-order valence-corrected chi connectivity index (χ3v) is 5.04. The van der Waals surface area contributed by atoms with Gasteiger partial charge in [0, 0.05) is 15.8 Å². The Morgan fingerprint density at radius 2 is 2.00 bits per heavy atom. The van der Waals surface area contributed by atoms with Gasteiger partial charge in [-0.2, -0.15) is 5.10 Å². The maximum absolute atomic E-state index is 12.3. The first kappa shape index (κ1) is 15.5. The van der Waals surface area contributed by atoms with E-state index in [9.17, 15) is 4.79 Å². The molecule has 0 aliphatic carbocycles. The fourth-order valence-corrected chi connectivity index (χ4v) is 3.58.